The molecule has 2 aromatic rings. The van der Waals surface area contributed by atoms with Crippen molar-refractivity contribution >= 4 is 29.2 Å². The van der Waals surface area contributed by atoms with E-state index in [-0.39, 0.29) is 42.3 Å². The Morgan fingerprint density at radius 2 is 1.67 bits per heavy atom. The summed E-state index contributed by atoms with van der Waals surface area (Å²) in [5, 5.41) is 4.40. The van der Waals surface area contributed by atoms with Gasteiger partial charge in [0.1, 0.15) is 6.10 Å². The van der Waals surface area contributed by atoms with Gasteiger partial charge < -0.3 is 19.0 Å². The minimum Gasteiger partial charge on any atom is -0.493 e. The van der Waals surface area contributed by atoms with Crippen LogP contribution in [0, 0.1) is 29.6 Å². The predicted octanol–water partition coefficient (Wildman–Crippen LogP) is 3.06. The first-order valence-electron chi connectivity index (χ1n) is 12.1. The fraction of sp³-hybridized carbons (Fsp3) is 0.407. The van der Waals surface area contributed by atoms with Crippen molar-refractivity contribution in [2.45, 2.75) is 19.4 Å². The van der Waals surface area contributed by atoms with E-state index in [0.29, 0.717) is 22.7 Å². The average Bonchev–Trinajstić information content (AvgIpc) is 3.64. The molecule has 2 aromatic carbocycles. The van der Waals surface area contributed by atoms with Crippen LogP contribution in [0.25, 0.3) is 0 Å². The van der Waals surface area contributed by atoms with Crippen LogP contribution in [-0.4, -0.2) is 50.4 Å². The summed E-state index contributed by atoms with van der Waals surface area (Å²) in [5.41, 5.74) is 2.47. The lowest BCUT2D eigenvalue weighted by Crippen LogP contribution is -2.41. The van der Waals surface area contributed by atoms with Crippen LogP contribution in [-0.2, 0) is 19.2 Å². The Labute approximate surface area is 207 Å². The summed E-state index contributed by atoms with van der Waals surface area (Å²) >= 11 is 0. The average molecular weight is 491 g/mol. The fourth-order valence-corrected chi connectivity index (χ4v) is 6.58. The topological polar surface area (TPSA) is 104 Å². The van der Waals surface area contributed by atoms with E-state index >= 15 is 0 Å². The molecule has 0 radical (unpaired) electrons. The molecule has 0 N–H and O–H groups in total. The van der Waals surface area contributed by atoms with Crippen LogP contribution >= 0.6 is 0 Å². The van der Waals surface area contributed by atoms with E-state index in [2.05, 4.69) is 5.16 Å². The van der Waals surface area contributed by atoms with E-state index in [4.69, 9.17) is 19.0 Å². The molecule has 2 amide bonds. The fourth-order valence-electron chi connectivity index (χ4n) is 6.58. The van der Waals surface area contributed by atoms with Gasteiger partial charge in [0.15, 0.2) is 11.5 Å². The smallest absolute Gasteiger partial charge is 0.338 e. The number of benzene rings is 2. The molecule has 186 valence electrons. The van der Waals surface area contributed by atoms with Gasteiger partial charge >= 0.3 is 5.97 Å². The third-order valence-corrected chi connectivity index (χ3v) is 8.01. The molecule has 2 aliphatic carbocycles. The van der Waals surface area contributed by atoms with Gasteiger partial charge in [0, 0.05) is 17.4 Å². The van der Waals surface area contributed by atoms with Gasteiger partial charge in [-0.1, -0.05) is 5.16 Å². The Morgan fingerprint density at radius 3 is 2.33 bits per heavy atom. The molecular formula is C27H26N2O7. The minimum absolute atomic E-state index is 0.0420. The first-order chi connectivity index (χ1) is 17.5. The highest BCUT2D eigenvalue weighted by molar-refractivity contribution is 6.23. The standard InChI is InChI=1S/C27H26N2O7/c1-4-35-27(32)13-5-8-15(9-6-13)29-25(30)20-16-12-17(21(20)26(29)31)24-22(16)23(28-36-24)14-7-10-18(33-2)19(11-14)34-3/h5-11,16-17,20-22,24H,4,12H2,1-3H3/t16-,17-,20-,21-,22-,24+/m1/s1. The predicted molar refractivity (Wildman–Crippen MR) is 128 cm³/mol. The van der Waals surface area contributed by atoms with Crippen LogP contribution in [0.4, 0.5) is 5.69 Å². The molecule has 2 bridgehead atoms. The molecular weight excluding hydrogens is 464 g/mol. The number of fused-ring (bicyclic) bond motifs is 8. The number of rotatable bonds is 6. The van der Waals surface area contributed by atoms with Crippen molar-refractivity contribution in [1.29, 1.82) is 0 Å². The van der Waals surface area contributed by atoms with Crippen molar-refractivity contribution in [2.75, 3.05) is 25.7 Å². The Balaban J connectivity index is 1.27. The number of imide groups is 1. The summed E-state index contributed by atoms with van der Waals surface area (Å²) in [7, 11) is 3.16. The lowest BCUT2D eigenvalue weighted by atomic mass is 9.71. The molecule has 6 rings (SSSR count). The Morgan fingerprint density at radius 1 is 0.972 bits per heavy atom. The second-order valence-electron chi connectivity index (χ2n) is 9.54. The Kier molecular flexibility index (Phi) is 5.24. The van der Waals surface area contributed by atoms with Crippen molar-refractivity contribution in [3.8, 4) is 11.5 Å². The summed E-state index contributed by atoms with van der Waals surface area (Å²) in [5.74, 6) is -0.665. The molecule has 9 nitrogen and oxygen atoms in total. The summed E-state index contributed by atoms with van der Waals surface area (Å²) < 4.78 is 15.8. The third kappa shape index (κ3) is 3.08. The highest BCUT2D eigenvalue weighted by atomic mass is 16.6. The third-order valence-electron chi connectivity index (χ3n) is 8.01. The second-order valence-corrected chi connectivity index (χ2v) is 9.54. The van der Waals surface area contributed by atoms with E-state index in [1.807, 2.05) is 18.2 Å². The molecule has 2 heterocycles. The van der Waals surface area contributed by atoms with Crippen LogP contribution < -0.4 is 14.4 Å². The van der Waals surface area contributed by atoms with Gasteiger partial charge in [-0.2, -0.15) is 0 Å². The van der Waals surface area contributed by atoms with Gasteiger partial charge in [0.2, 0.25) is 11.8 Å². The zero-order valence-electron chi connectivity index (χ0n) is 20.2. The first kappa shape index (κ1) is 22.6. The number of carbonyl (C=O) groups excluding carboxylic acids is 3. The molecule has 3 fully saturated rings. The summed E-state index contributed by atoms with van der Waals surface area (Å²) in [6.45, 7) is 2.01. The summed E-state index contributed by atoms with van der Waals surface area (Å²) in [4.78, 5) is 46.3. The van der Waals surface area contributed by atoms with Crippen LogP contribution in [0.15, 0.2) is 47.6 Å². The number of carbonyl (C=O) groups is 3. The summed E-state index contributed by atoms with van der Waals surface area (Å²) in [6.07, 6.45) is 0.520. The van der Waals surface area contributed by atoms with Gasteiger partial charge in [-0.05, 0) is 61.7 Å². The monoisotopic (exact) mass is 490 g/mol. The Hall–Kier alpha value is -3.88. The SMILES string of the molecule is CCOC(=O)c1ccc(N2C(=O)[C@@H]3[C@H]4C[C@@H]([C@@H]5ON=C(c6ccc(OC)c(OC)c6)[C@@H]45)[C@H]3C2=O)cc1. The van der Waals surface area contributed by atoms with Gasteiger partial charge in [-0.3, -0.25) is 14.5 Å². The maximum atomic E-state index is 13.6. The van der Waals surface area contributed by atoms with Gasteiger partial charge in [-0.25, -0.2) is 4.79 Å². The number of oxime groups is 1. The summed E-state index contributed by atoms with van der Waals surface area (Å²) in [6, 6.07) is 12.0. The quantitative estimate of drug-likeness (QED) is 0.453. The number of methoxy groups -OCH3 is 2. The molecule has 2 saturated carbocycles. The van der Waals surface area contributed by atoms with Crippen LogP contribution in [0.2, 0.25) is 0 Å². The van der Waals surface area contributed by atoms with E-state index in [9.17, 15) is 14.4 Å². The maximum Gasteiger partial charge on any atom is 0.338 e. The van der Waals surface area contributed by atoms with Crippen molar-refractivity contribution in [3.63, 3.8) is 0 Å². The van der Waals surface area contributed by atoms with Crippen molar-refractivity contribution < 1.29 is 33.4 Å². The zero-order valence-corrected chi connectivity index (χ0v) is 20.2. The van der Waals surface area contributed by atoms with Crippen LogP contribution in [0.1, 0.15) is 29.3 Å². The molecule has 0 unspecified atom stereocenters. The number of nitrogens with zero attached hydrogens (tertiary/aromatic N) is 2. The normalized spacial score (nSPS) is 29.5. The van der Waals surface area contributed by atoms with Gasteiger partial charge in [-0.15, -0.1) is 0 Å². The number of esters is 1. The number of amides is 2. The van der Waals surface area contributed by atoms with Crippen molar-refractivity contribution in [1.82, 2.24) is 0 Å². The molecule has 0 aromatic heterocycles. The minimum atomic E-state index is -0.440. The largest absolute Gasteiger partial charge is 0.493 e. The van der Waals surface area contributed by atoms with E-state index < -0.39 is 17.8 Å². The molecule has 2 aliphatic heterocycles. The Bertz CT molecular complexity index is 1290. The molecule has 4 aliphatic rings. The van der Waals surface area contributed by atoms with Crippen LogP contribution in [0.5, 0.6) is 11.5 Å². The molecule has 1 saturated heterocycles. The van der Waals surface area contributed by atoms with Crippen molar-refractivity contribution in [2.24, 2.45) is 34.7 Å². The highest BCUT2D eigenvalue weighted by Gasteiger charge is 2.70. The highest BCUT2D eigenvalue weighted by Crippen LogP contribution is 2.62. The zero-order chi connectivity index (χ0) is 25.1. The van der Waals surface area contributed by atoms with E-state index in [1.165, 1.54) is 4.90 Å². The lowest BCUT2D eigenvalue weighted by Gasteiger charge is -2.29. The number of anilines is 1. The van der Waals surface area contributed by atoms with Gasteiger partial charge in [0.25, 0.3) is 0 Å². The molecule has 0 spiro atoms. The maximum absolute atomic E-state index is 13.6. The number of hydrogen-bond acceptors (Lipinski definition) is 8. The second kappa shape index (κ2) is 8.36. The molecule has 9 heteroatoms. The first-order valence-corrected chi connectivity index (χ1v) is 12.1. The van der Waals surface area contributed by atoms with E-state index in [1.54, 1.807) is 45.4 Å². The molecule has 6 atom stereocenters. The molecule has 36 heavy (non-hydrogen) atoms. The number of hydrogen-bond donors (Lipinski definition) is 0. The van der Waals surface area contributed by atoms with Gasteiger partial charge in [0.05, 0.1) is 49.6 Å². The lowest BCUT2D eigenvalue weighted by molar-refractivity contribution is -0.125. The van der Waals surface area contributed by atoms with Crippen molar-refractivity contribution in [3.05, 3.63) is 53.6 Å². The number of ether oxygens (including phenoxy) is 3. The van der Waals surface area contributed by atoms with E-state index in [0.717, 1.165) is 17.7 Å². The van der Waals surface area contributed by atoms with Crippen LogP contribution in [0.3, 0.4) is 0 Å².